The largest absolute Gasteiger partial charge is 0.377 e. The van der Waals surface area contributed by atoms with Crippen molar-refractivity contribution in [3.8, 4) is 0 Å². The highest BCUT2D eigenvalue weighted by Crippen LogP contribution is 2.29. The van der Waals surface area contributed by atoms with E-state index in [1.165, 1.54) is 7.11 Å². The Morgan fingerprint density at radius 1 is 1.33 bits per heavy atom. The number of rotatable bonds is 6. The van der Waals surface area contributed by atoms with Gasteiger partial charge in [-0.25, -0.2) is 9.97 Å². The molecular weight excluding hydrogens is 296 g/mol. The lowest BCUT2D eigenvalue weighted by molar-refractivity contribution is -0.384. The Bertz CT molecular complexity index is 637. The lowest BCUT2D eigenvalue weighted by Crippen LogP contribution is -2.09. The minimum Gasteiger partial charge on any atom is -0.377 e. The van der Waals surface area contributed by atoms with Crippen molar-refractivity contribution in [2.24, 2.45) is 0 Å². The van der Waals surface area contributed by atoms with Gasteiger partial charge in [-0.15, -0.1) is 0 Å². The molecule has 1 aromatic carbocycles. The predicted molar refractivity (Wildman–Crippen MR) is 78.2 cm³/mol. The lowest BCUT2D eigenvalue weighted by Gasteiger charge is -2.08. The summed E-state index contributed by atoms with van der Waals surface area (Å²) in [5.41, 5.74) is 0.627. The first-order chi connectivity index (χ1) is 10.1. The second kappa shape index (κ2) is 6.96. The van der Waals surface area contributed by atoms with Gasteiger partial charge in [0, 0.05) is 13.7 Å². The molecular formula is C13H13ClN4O3. The number of ether oxygens (including phenoxy) is 1. The quantitative estimate of drug-likeness (QED) is 0.501. The summed E-state index contributed by atoms with van der Waals surface area (Å²) in [4.78, 5) is 18.4. The van der Waals surface area contributed by atoms with Crippen molar-refractivity contribution in [2.75, 3.05) is 12.4 Å². The topological polar surface area (TPSA) is 90.2 Å². The zero-order valence-electron chi connectivity index (χ0n) is 11.2. The molecule has 0 amide bonds. The van der Waals surface area contributed by atoms with E-state index >= 15 is 0 Å². The van der Waals surface area contributed by atoms with Gasteiger partial charge >= 0.3 is 5.69 Å². The highest BCUT2D eigenvalue weighted by molar-refractivity contribution is 6.31. The van der Waals surface area contributed by atoms with Gasteiger partial charge in [0.2, 0.25) is 11.0 Å². The van der Waals surface area contributed by atoms with Crippen LogP contribution in [0.5, 0.6) is 0 Å². The summed E-state index contributed by atoms with van der Waals surface area (Å²) in [6.07, 6.45) is 0. The monoisotopic (exact) mass is 308 g/mol. The summed E-state index contributed by atoms with van der Waals surface area (Å²) in [5.74, 6) is 0.361. The van der Waals surface area contributed by atoms with Gasteiger partial charge in [-0.1, -0.05) is 41.9 Å². The summed E-state index contributed by atoms with van der Waals surface area (Å²) in [7, 11) is 1.48. The number of anilines is 1. The third-order valence-corrected chi connectivity index (χ3v) is 2.91. The Morgan fingerprint density at radius 2 is 2.05 bits per heavy atom. The smallest absolute Gasteiger partial charge is 0.348 e. The third-order valence-electron chi connectivity index (χ3n) is 2.65. The number of nitrogens with zero attached hydrogens (tertiary/aromatic N) is 3. The molecule has 2 aromatic rings. The summed E-state index contributed by atoms with van der Waals surface area (Å²) < 4.78 is 4.92. The van der Waals surface area contributed by atoms with E-state index in [-0.39, 0.29) is 29.1 Å². The minimum absolute atomic E-state index is 0.0795. The predicted octanol–water partition coefficient (Wildman–Crippen LogP) is 2.80. The first kappa shape index (κ1) is 15.1. The van der Waals surface area contributed by atoms with E-state index in [0.717, 1.165) is 5.56 Å². The van der Waals surface area contributed by atoms with E-state index in [0.29, 0.717) is 6.54 Å². The number of nitro groups is 1. The van der Waals surface area contributed by atoms with E-state index < -0.39 is 4.92 Å². The van der Waals surface area contributed by atoms with Crippen LogP contribution in [0.15, 0.2) is 30.3 Å². The van der Waals surface area contributed by atoms with Gasteiger partial charge in [0.15, 0.2) is 5.82 Å². The van der Waals surface area contributed by atoms with Gasteiger partial charge in [-0.3, -0.25) is 10.1 Å². The van der Waals surface area contributed by atoms with Crippen molar-refractivity contribution in [3.05, 3.63) is 57.0 Å². The van der Waals surface area contributed by atoms with Crippen LogP contribution in [0.2, 0.25) is 5.15 Å². The molecule has 0 atom stereocenters. The molecule has 0 fully saturated rings. The zero-order valence-corrected chi connectivity index (χ0v) is 12.0. The first-order valence-electron chi connectivity index (χ1n) is 6.09. The van der Waals surface area contributed by atoms with Gasteiger partial charge in [-0.05, 0) is 5.56 Å². The molecule has 8 heteroatoms. The van der Waals surface area contributed by atoms with Crippen molar-refractivity contribution in [1.29, 1.82) is 0 Å². The summed E-state index contributed by atoms with van der Waals surface area (Å²) in [6.45, 7) is 0.513. The van der Waals surface area contributed by atoms with Crippen molar-refractivity contribution < 1.29 is 9.66 Å². The van der Waals surface area contributed by atoms with Crippen LogP contribution in [-0.2, 0) is 17.9 Å². The van der Waals surface area contributed by atoms with Crippen LogP contribution in [0.3, 0.4) is 0 Å². The first-order valence-corrected chi connectivity index (χ1v) is 6.47. The summed E-state index contributed by atoms with van der Waals surface area (Å²) in [6, 6.07) is 9.46. The van der Waals surface area contributed by atoms with E-state index in [9.17, 15) is 10.1 Å². The summed E-state index contributed by atoms with van der Waals surface area (Å²) >= 11 is 5.86. The second-order valence-corrected chi connectivity index (χ2v) is 4.52. The fourth-order valence-electron chi connectivity index (χ4n) is 1.73. The highest BCUT2D eigenvalue weighted by atomic mass is 35.5. The van der Waals surface area contributed by atoms with Crippen LogP contribution < -0.4 is 5.32 Å². The Balaban J connectivity index is 2.28. The molecule has 110 valence electrons. The number of nitrogens with one attached hydrogen (secondary N) is 1. The van der Waals surface area contributed by atoms with Gasteiger partial charge in [0.25, 0.3) is 0 Å². The molecule has 7 nitrogen and oxygen atoms in total. The fourth-order valence-corrected chi connectivity index (χ4v) is 1.99. The van der Waals surface area contributed by atoms with Crippen LogP contribution in [0.25, 0.3) is 0 Å². The maximum atomic E-state index is 11.1. The summed E-state index contributed by atoms with van der Waals surface area (Å²) in [5, 5.41) is 13.8. The molecule has 1 aromatic heterocycles. The standard InChI is InChI=1S/C13H13ClN4O3/c1-21-8-10-16-12(14)11(18(19)20)13(17-10)15-7-9-5-3-2-4-6-9/h2-6H,7-8H2,1H3,(H,15,16,17). The SMILES string of the molecule is COCc1nc(Cl)c([N+](=O)[O-])c(NCc2ccccc2)n1. The van der Waals surface area contributed by atoms with Crippen LogP contribution >= 0.6 is 11.6 Å². The van der Waals surface area contributed by atoms with Crippen molar-refractivity contribution >= 4 is 23.1 Å². The van der Waals surface area contributed by atoms with Crippen LogP contribution in [0.1, 0.15) is 11.4 Å². The van der Waals surface area contributed by atoms with E-state index in [1.54, 1.807) is 0 Å². The van der Waals surface area contributed by atoms with Crippen molar-refractivity contribution in [1.82, 2.24) is 9.97 Å². The number of aromatic nitrogens is 2. The average Bonchev–Trinajstić information content (AvgIpc) is 2.45. The van der Waals surface area contributed by atoms with E-state index in [1.807, 2.05) is 30.3 Å². The Hall–Kier alpha value is -2.25. The van der Waals surface area contributed by atoms with Crippen molar-refractivity contribution in [3.63, 3.8) is 0 Å². The number of benzene rings is 1. The molecule has 0 aliphatic rings. The molecule has 0 aliphatic heterocycles. The normalized spacial score (nSPS) is 10.4. The number of hydrogen-bond donors (Lipinski definition) is 1. The average molecular weight is 309 g/mol. The van der Waals surface area contributed by atoms with Crippen LogP contribution in [0, 0.1) is 10.1 Å². The molecule has 0 aliphatic carbocycles. The second-order valence-electron chi connectivity index (χ2n) is 4.16. The zero-order chi connectivity index (χ0) is 15.2. The van der Waals surface area contributed by atoms with E-state index in [2.05, 4.69) is 15.3 Å². The lowest BCUT2D eigenvalue weighted by atomic mass is 10.2. The van der Waals surface area contributed by atoms with Gasteiger partial charge in [0.05, 0.1) is 4.92 Å². The molecule has 0 saturated carbocycles. The molecule has 0 saturated heterocycles. The number of halogens is 1. The Kier molecular flexibility index (Phi) is 5.02. The number of methoxy groups -OCH3 is 1. The van der Waals surface area contributed by atoms with E-state index in [4.69, 9.17) is 16.3 Å². The number of hydrogen-bond acceptors (Lipinski definition) is 6. The van der Waals surface area contributed by atoms with Crippen LogP contribution in [-0.4, -0.2) is 22.0 Å². The Labute approximate surface area is 126 Å². The maximum absolute atomic E-state index is 11.1. The molecule has 0 radical (unpaired) electrons. The van der Waals surface area contributed by atoms with Gasteiger partial charge in [0.1, 0.15) is 6.61 Å². The molecule has 0 spiro atoms. The molecule has 21 heavy (non-hydrogen) atoms. The molecule has 1 heterocycles. The molecule has 0 unspecified atom stereocenters. The van der Waals surface area contributed by atoms with Gasteiger partial charge in [-0.2, -0.15) is 0 Å². The third kappa shape index (κ3) is 3.87. The minimum atomic E-state index is -0.605. The highest BCUT2D eigenvalue weighted by Gasteiger charge is 2.23. The molecule has 2 rings (SSSR count). The Morgan fingerprint density at radius 3 is 2.67 bits per heavy atom. The molecule has 1 N–H and O–H groups in total. The fraction of sp³-hybridized carbons (Fsp3) is 0.231. The van der Waals surface area contributed by atoms with Crippen LogP contribution in [0.4, 0.5) is 11.5 Å². The van der Waals surface area contributed by atoms with Gasteiger partial charge < -0.3 is 10.1 Å². The maximum Gasteiger partial charge on any atom is 0.348 e. The molecule has 0 bridgehead atoms. The van der Waals surface area contributed by atoms with Crippen molar-refractivity contribution in [2.45, 2.75) is 13.2 Å².